The molecule has 0 spiro atoms. The van der Waals surface area contributed by atoms with E-state index in [1.807, 2.05) is 55.1 Å². The number of aromatic nitrogens is 4. The predicted octanol–water partition coefficient (Wildman–Crippen LogP) is 2.43. The van der Waals surface area contributed by atoms with Crippen molar-refractivity contribution in [3.8, 4) is 5.69 Å². The van der Waals surface area contributed by atoms with Gasteiger partial charge >= 0.3 is 0 Å². The average Bonchev–Trinajstić information content (AvgIpc) is 3.21. The standard InChI is InChI=1S/C20H23N5O/c1-13-18(14(2)25(24-13)17-6-4-3-5-7-17)11-20(26)22-16-8-9-19-15(10-16)12-21-23-19/h3-7,12,16H,8-11H2,1-2H3,(H,21,23)(H,22,26)/t16-/m0/s1. The molecule has 0 radical (unpaired) electrons. The van der Waals surface area contributed by atoms with Crippen LogP contribution in [0.1, 0.15) is 34.6 Å². The molecule has 0 saturated carbocycles. The number of benzene rings is 1. The van der Waals surface area contributed by atoms with Gasteiger partial charge in [-0.25, -0.2) is 4.68 Å². The molecule has 3 aromatic rings. The van der Waals surface area contributed by atoms with Gasteiger partial charge in [0.15, 0.2) is 0 Å². The van der Waals surface area contributed by atoms with E-state index in [9.17, 15) is 4.79 Å². The van der Waals surface area contributed by atoms with E-state index in [1.54, 1.807) is 0 Å². The lowest BCUT2D eigenvalue weighted by Crippen LogP contribution is -2.39. The van der Waals surface area contributed by atoms with Gasteiger partial charge in [0.1, 0.15) is 0 Å². The van der Waals surface area contributed by atoms with E-state index in [4.69, 9.17) is 0 Å². The van der Waals surface area contributed by atoms with Crippen molar-refractivity contribution in [1.29, 1.82) is 0 Å². The molecule has 1 aromatic carbocycles. The van der Waals surface area contributed by atoms with Gasteiger partial charge in [0, 0.05) is 23.0 Å². The van der Waals surface area contributed by atoms with Gasteiger partial charge in [-0.3, -0.25) is 9.89 Å². The lowest BCUT2D eigenvalue weighted by Gasteiger charge is -2.22. The van der Waals surface area contributed by atoms with Crippen LogP contribution in [0.25, 0.3) is 5.69 Å². The van der Waals surface area contributed by atoms with Gasteiger partial charge < -0.3 is 5.32 Å². The number of carbonyl (C=O) groups excluding carboxylic acids is 1. The lowest BCUT2D eigenvalue weighted by molar-refractivity contribution is -0.121. The van der Waals surface area contributed by atoms with Crippen molar-refractivity contribution in [3.63, 3.8) is 0 Å². The van der Waals surface area contributed by atoms with Crippen molar-refractivity contribution in [2.75, 3.05) is 0 Å². The van der Waals surface area contributed by atoms with Gasteiger partial charge in [-0.05, 0) is 50.8 Å². The number of carbonyl (C=O) groups is 1. The van der Waals surface area contributed by atoms with Crippen LogP contribution in [0.5, 0.6) is 0 Å². The Morgan fingerprint density at radius 2 is 2.12 bits per heavy atom. The number of H-pyrrole nitrogens is 1. The Hall–Kier alpha value is -2.89. The van der Waals surface area contributed by atoms with E-state index >= 15 is 0 Å². The number of nitrogens with zero attached hydrogens (tertiary/aromatic N) is 3. The van der Waals surface area contributed by atoms with Crippen LogP contribution in [0.3, 0.4) is 0 Å². The highest BCUT2D eigenvalue weighted by Gasteiger charge is 2.23. The van der Waals surface area contributed by atoms with Crippen LogP contribution in [0.2, 0.25) is 0 Å². The summed E-state index contributed by atoms with van der Waals surface area (Å²) in [5.41, 5.74) is 6.36. The first-order chi connectivity index (χ1) is 12.6. The Morgan fingerprint density at radius 1 is 1.31 bits per heavy atom. The molecule has 2 aromatic heterocycles. The maximum atomic E-state index is 12.6. The molecule has 2 N–H and O–H groups in total. The Balaban J connectivity index is 1.46. The number of amides is 1. The maximum Gasteiger partial charge on any atom is 0.224 e. The number of aromatic amines is 1. The molecular formula is C20H23N5O. The number of para-hydroxylation sites is 1. The quantitative estimate of drug-likeness (QED) is 0.759. The minimum Gasteiger partial charge on any atom is -0.353 e. The fourth-order valence-electron chi connectivity index (χ4n) is 3.73. The molecular weight excluding hydrogens is 326 g/mol. The second-order valence-electron chi connectivity index (χ2n) is 6.95. The van der Waals surface area contributed by atoms with Crippen molar-refractivity contribution < 1.29 is 4.79 Å². The molecule has 0 bridgehead atoms. The van der Waals surface area contributed by atoms with E-state index in [-0.39, 0.29) is 11.9 Å². The normalized spacial score (nSPS) is 16.3. The molecule has 1 amide bonds. The topological polar surface area (TPSA) is 75.6 Å². The van der Waals surface area contributed by atoms with Crippen molar-refractivity contribution in [1.82, 2.24) is 25.3 Å². The number of hydrogen-bond acceptors (Lipinski definition) is 3. The third-order valence-corrected chi connectivity index (χ3v) is 5.16. The van der Waals surface area contributed by atoms with Gasteiger partial charge in [0.25, 0.3) is 0 Å². The van der Waals surface area contributed by atoms with Crippen LogP contribution in [0.15, 0.2) is 36.5 Å². The summed E-state index contributed by atoms with van der Waals surface area (Å²) in [5, 5.41) is 14.9. The molecule has 0 fully saturated rings. The Bertz CT molecular complexity index is 925. The van der Waals surface area contributed by atoms with Crippen LogP contribution < -0.4 is 5.32 Å². The summed E-state index contributed by atoms with van der Waals surface area (Å²) in [5.74, 6) is 0.0563. The van der Waals surface area contributed by atoms with Gasteiger partial charge in [-0.2, -0.15) is 10.2 Å². The fourth-order valence-corrected chi connectivity index (χ4v) is 3.73. The van der Waals surface area contributed by atoms with Crippen molar-refractivity contribution in [2.24, 2.45) is 0 Å². The van der Waals surface area contributed by atoms with Crippen LogP contribution in [0, 0.1) is 13.8 Å². The minimum absolute atomic E-state index is 0.0563. The molecule has 1 aliphatic rings. The molecule has 4 rings (SSSR count). The summed E-state index contributed by atoms with van der Waals surface area (Å²) in [4.78, 5) is 12.6. The average molecular weight is 349 g/mol. The molecule has 0 aliphatic heterocycles. The zero-order chi connectivity index (χ0) is 18.1. The van der Waals surface area contributed by atoms with Crippen LogP contribution >= 0.6 is 0 Å². The van der Waals surface area contributed by atoms with E-state index in [1.165, 1.54) is 11.3 Å². The summed E-state index contributed by atoms with van der Waals surface area (Å²) < 4.78 is 1.91. The summed E-state index contributed by atoms with van der Waals surface area (Å²) in [6.07, 6.45) is 4.95. The SMILES string of the molecule is Cc1nn(-c2ccccc2)c(C)c1CC(=O)N[C@H]1CCc2[nH]ncc2C1. The Kier molecular flexibility index (Phi) is 4.32. The maximum absolute atomic E-state index is 12.6. The third kappa shape index (κ3) is 3.14. The molecule has 6 nitrogen and oxygen atoms in total. The summed E-state index contributed by atoms with van der Waals surface area (Å²) >= 11 is 0. The van der Waals surface area contributed by atoms with E-state index < -0.39 is 0 Å². The Labute approximate surface area is 152 Å². The van der Waals surface area contributed by atoms with E-state index in [0.717, 1.165) is 41.9 Å². The first kappa shape index (κ1) is 16.6. The fraction of sp³-hybridized carbons (Fsp3) is 0.350. The highest BCUT2D eigenvalue weighted by atomic mass is 16.1. The minimum atomic E-state index is 0.0563. The largest absolute Gasteiger partial charge is 0.353 e. The number of rotatable bonds is 4. The lowest BCUT2D eigenvalue weighted by atomic mass is 9.93. The van der Waals surface area contributed by atoms with Crippen molar-refractivity contribution in [3.05, 3.63) is 64.7 Å². The van der Waals surface area contributed by atoms with E-state index in [2.05, 4.69) is 20.6 Å². The molecule has 1 atom stereocenters. The monoisotopic (exact) mass is 349 g/mol. The Morgan fingerprint density at radius 3 is 2.92 bits per heavy atom. The highest BCUT2D eigenvalue weighted by Crippen LogP contribution is 2.20. The molecule has 6 heteroatoms. The van der Waals surface area contributed by atoms with Crippen molar-refractivity contribution >= 4 is 5.91 Å². The summed E-state index contributed by atoms with van der Waals surface area (Å²) in [6.45, 7) is 3.99. The molecule has 2 heterocycles. The van der Waals surface area contributed by atoms with E-state index in [0.29, 0.717) is 6.42 Å². The highest BCUT2D eigenvalue weighted by molar-refractivity contribution is 5.79. The zero-order valence-corrected chi connectivity index (χ0v) is 15.1. The smallest absolute Gasteiger partial charge is 0.224 e. The zero-order valence-electron chi connectivity index (χ0n) is 15.1. The van der Waals surface area contributed by atoms with Gasteiger partial charge in [0.05, 0.1) is 24.0 Å². The molecule has 1 aliphatic carbocycles. The van der Waals surface area contributed by atoms with Crippen molar-refractivity contribution in [2.45, 2.75) is 45.6 Å². The first-order valence-corrected chi connectivity index (χ1v) is 9.03. The number of fused-ring (bicyclic) bond motifs is 1. The number of aryl methyl sites for hydroxylation is 2. The first-order valence-electron chi connectivity index (χ1n) is 9.03. The summed E-state index contributed by atoms with van der Waals surface area (Å²) in [6, 6.07) is 10.2. The molecule has 0 unspecified atom stereocenters. The number of nitrogens with one attached hydrogen (secondary N) is 2. The second-order valence-corrected chi connectivity index (χ2v) is 6.95. The van der Waals surface area contributed by atoms with Crippen LogP contribution in [0.4, 0.5) is 0 Å². The number of hydrogen-bond donors (Lipinski definition) is 2. The van der Waals surface area contributed by atoms with Gasteiger partial charge in [-0.1, -0.05) is 18.2 Å². The molecule has 134 valence electrons. The van der Waals surface area contributed by atoms with Crippen LogP contribution in [-0.2, 0) is 24.1 Å². The molecule has 26 heavy (non-hydrogen) atoms. The summed E-state index contributed by atoms with van der Waals surface area (Å²) in [7, 11) is 0. The third-order valence-electron chi connectivity index (χ3n) is 5.16. The second kappa shape index (κ2) is 6.78. The molecule has 0 saturated heterocycles. The van der Waals surface area contributed by atoms with Gasteiger partial charge in [-0.15, -0.1) is 0 Å². The predicted molar refractivity (Wildman–Crippen MR) is 99.3 cm³/mol. The van der Waals surface area contributed by atoms with Gasteiger partial charge in [0.2, 0.25) is 5.91 Å². The van der Waals surface area contributed by atoms with Crippen LogP contribution in [-0.4, -0.2) is 31.9 Å².